The van der Waals surface area contributed by atoms with Crippen LogP contribution in [-0.2, 0) is 9.53 Å². The van der Waals surface area contributed by atoms with Crippen molar-refractivity contribution in [3.05, 3.63) is 35.8 Å². The lowest BCUT2D eigenvalue weighted by atomic mass is 10.2. The fourth-order valence-corrected chi connectivity index (χ4v) is 0.883. The molecule has 0 spiro atoms. The number of aliphatic hydroxyl groups is 1. The van der Waals surface area contributed by atoms with Gasteiger partial charge in [-0.2, -0.15) is 0 Å². The summed E-state index contributed by atoms with van der Waals surface area (Å²) in [5.41, 5.74) is 0.651. The van der Waals surface area contributed by atoms with Gasteiger partial charge in [0.1, 0.15) is 0 Å². The van der Waals surface area contributed by atoms with Crippen LogP contribution in [-0.4, -0.2) is 22.7 Å². The summed E-state index contributed by atoms with van der Waals surface area (Å²) in [6.45, 7) is 1.92. The molecule has 0 radical (unpaired) electrons. The van der Waals surface area contributed by atoms with Crippen LogP contribution in [0.3, 0.4) is 0 Å². The van der Waals surface area contributed by atoms with Crippen LogP contribution in [0.25, 0.3) is 6.08 Å². The van der Waals surface area contributed by atoms with E-state index in [2.05, 4.69) is 9.72 Å². The van der Waals surface area contributed by atoms with E-state index in [4.69, 9.17) is 0 Å². The summed E-state index contributed by atoms with van der Waals surface area (Å²) < 4.78 is 4.60. The molecule has 0 bridgehead atoms. The molecule has 1 aromatic heterocycles. The van der Waals surface area contributed by atoms with Gasteiger partial charge in [0.15, 0.2) is 0 Å². The van der Waals surface area contributed by atoms with Gasteiger partial charge in [0.25, 0.3) is 0 Å². The zero-order valence-electron chi connectivity index (χ0n) is 7.80. The average molecular weight is 193 g/mol. The van der Waals surface area contributed by atoms with E-state index in [1.807, 2.05) is 0 Å². The number of aliphatic hydroxyl groups excluding tert-OH is 1. The standard InChI is InChI=1S/C10H11NO3/c1-2-14-10(13)9(12)6-8-4-3-5-11-7-8/h3-7,12H,2H2,1H3. The van der Waals surface area contributed by atoms with Crippen LogP contribution in [0.4, 0.5) is 0 Å². The molecule has 0 saturated heterocycles. The average Bonchev–Trinajstić information content (AvgIpc) is 2.19. The van der Waals surface area contributed by atoms with Crippen LogP contribution in [0.1, 0.15) is 12.5 Å². The maximum Gasteiger partial charge on any atom is 0.373 e. The molecule has 4 heteroatoms. The summed E-state index contributed by atoms with van der Waals surface area (Å²) in [5, 5.41) is 9.26. The highest BCUT2D eigenvalue weighted by Crippen LogP contribution is 2.03. The molecule has 0 aromatic carbocycles. The van der Waals surface area contributed by atoms with Gasteiger partial charge in [0.05, 0.1) is 6.61 Å². The monoisotopic (exact) mass is 193 g/mol. The lowest BCUT2D eigenvalue weighted by molar-refractivity contribution is -0.141. The Balaban J connectivity index is 2.74. The Morgan fingerprint density at radius 2 is 2.50 bits per heavy atom. The molecule has 0 fully saturated rings. The van der Waals surface area contributed by atoms with Crippen molar-refractivity contribution in [2.24, 2.45) is 0 Å². The van der Waals surface area contributed by atoms with Crippen LogP contribution in [0.5, 0.6) is 0 Å². The third-order valence-electron chi connectivity index (χ3n) is 1.47. The Bertz CT molecular complexity index is 332. The molecular formula is C10H11NO3. The van der Waals surface area contributed by atoms with Gasteiger partial charge in [0, 0.05) is 12.4 Å². The molecular weight excluding hydrogens is 182 g/mol. The van der Waals surface area contributed by atoms with Crippen LogP contribution in [0.2, 0.25) is 0 Å². The van der Waals surface area contributed by atoms with E-state index in [1.165, 1.54) is 12.3 Å². The zero-order valence-corrected chi connectivity index (χ0v) is 7.80. The topological polar surface area (TPSA) is 59.4 Å². The molecule has 74 valence electrons. The first-order valence-electron chi connectivity index (χ1n) is 4.22. The summed E-state index contributed by atoms with van der Waals surface area (Å²) >= 11 is 0. The minimum absolute atomic E-state index is 0.240. The van der Waals surface area contributed by atoms with Crippen molar-refractivity contribution in [1.82, 2.24) is 4.98 Å². The Kier molecular flexibility index (Phi) is 3.67. The smallest absolute Gasteiger partial charge is 0.373 e. The normalized spacial score (nSPS) is 11.1. The number of carbonyl (C=O) groups excluding carboxylic acids is 1. The molecule has 1 aromatic rings. The van der Waals surface area contributed by atoms with Crippen molar-refractivity contribution >= 4 is 12.0 Å². The second kappa shape index (κ2) is 5.01. The van der Waals surface area contributed by atoms with E-state index in [1.54, 1.807) is 25.3 Å². The van der Waals surface area contributed by atoms with Gasteiger partial charge in [-0.05, 0) is 24.6 Å². The van der Waals surface area contributed by atoms with Crippen LogP contribution in [0.15, 0.2) is 30.3 Å². The molecule has 4 nitrogen and oxygen atoms in total. The molecule has 0 atom stereocenters. The lowest BCUT2D eigenvalue weighted by Gasteiger charge is -1.99. The predicted molar refractivity (Wildman–Crippen MR) is 51.5 cm³/mol. The minimum atomic E-state index is -0.726. The SMILES string of the molecule is CCOC(=O)C(O)=Cc1cccnc1. The fourth-order valence-electron chi connectivity index (χ4n) is 0.883. The molecule has 0 aliphatic carbocycles. The van der Waals surface area contributed by atoms with Crippen LogP contribution < -0.4 is 0 Å². The maximum absolute atomic E-state index is 11.0. The predicted octanol–water partition coefficient (Wildman–Crippen LogP) is 1.54. The number of nitrogens with zero attached hydrogens (tertiary/aromatic N) is 1. The van der Waals surface area contributed by atoms with E-state index in [0.29, 0.717) is 5.56 Å². The first-order chi connectivity index (χ1) is 6.74. The Morgan fingerprint density at radius 1 is 1.71 bits per heavy atom. The molecule has 0 amide bonds. The number of pyridine rings is 1. The van der Waals surface area contributed by atoms with E-state index < -0.39 is 11.7 Å². The van der Waals surface area contributed by atoms with Gasteiger partial charge in [-0.15, -0.1) is 0 Å². The third kappa shape index (κ3) is 2.90. The number of esters is 1. The molecule has 0 unspecified atom stereocenters. The highest BCUT2D eigenvalue weighted by atomic mass is 16.5. The van der Waals surface area contributed by atoms with Gasteiger partial charge in [-0.3, -0.25) is 4.98 Å². The van der Waals surface area contributed by atoms with Crippen molar-refractivity contribution < 1.29 is 14.6 Å². The summed E-state index contributed by atoms with van der Waals surface area (Å²) in [6, 6.07) is 3.44. The quantitative estimate of drug-likeness (QED) is 0.449. The first kappa shape index (κ1) is 10.2. The highest BCUT2D eigenvalue weighted by molar-refractivity contribution is 5.90. The molecule has 0 saturated carbocycles. The molecule has 1 heterocycles. The van der Waals surface area contributed by atoms with Gasteiger partial charge in [-0.1, -0.05) is 6.07 Å². The summed E-state index contributed by atoms with van der Waals surface area (Å²) in [4.78, 5) is 14.8. The largest absolute Gasteiger partial charge is 0.502 e. The third-order valence-corrected chi connectivity index (χ3v) is 1.47. The van der Waals surface area contributed by atoms with Crippen molar-refractivity contribution in [1.29, 1.82) is 0 Å². The number of hydrogen-bond acceptors (Lipinski definition) is 4. The summed E-state index contributed by atoms with van der Waals surface area (Å²) in [6.07, 6.45) is 4.46. The van der Waals surface area contributed by atoms with Crippen molar-refractivity contribution in [3.63, 3.8) is 0 Å². The van der Waals surface area contributed by atoms with E-state index in [9.17, 15) is 9.90 Å². The number of hydrogen-bond donors (Lipinski definition) is 1. The molecule has 1 N–H and O–H groups in total. The van der Waals surface area contributed by atoms with Gasteiger partial charge in [-0.25, -0.2) is 4.79 Å². The van der Waals surface area contributed by atoms with Gasteiger partial charge in [0.2, 0.25) is 5.76 Å². The lowest BCUT2D eigenvalue weighted by Crippen LogP contribution is -2.06. The molecule has 14 heavy (non-hydrogen) atoms. The molecule has 1 rings (SSSR count). The molecule has 0 aliphatic heterocycles. The van der Waals surface area contributed by atoms with E-state index in [0.717, 1.165) is 0 Å². The van der Waals surface area contributed by atoms with Crippen LogP contribution in [0, 0.1) is 0 Å². The number of ether oxygens (including phenoxy) is 1. The molecule has 0 aliphatic rings. The highest BCUT2D eigenvalue weighted by Gasteiger charge is 2.07. The van der Waals surface area contributed by atoms with E-state index in [-0.39, 0.29) is 6.61 Å². The van der Waals surface area contributed by atoms with Crippen molar-refractivity contribution in [2.75, 3.05) is 6.61 Å². The van der Waals surface area contributed by atoms with Gasteiger partial charge < -0.3 is 9.84 Å². The Morgan fingerprint density at radius 3 is 3.07 bits per heavy atom. The van der Waals surface area contributed by atoms with Crippen molar-refractivity contribution in [2.45, 2.75) is 6.92 Å². The zero-order chi connectivity index (χ0) is 10.4. The van der Waals surface area contributed by atoms with Gasteiger partial charge >= 0.3 is 5.97 Å². The van der Waals surface area contributed by atoms with E-state index >= 15 is 0 Å². The maximum atomic E-state index is 11.0. The second-order valence-electron chi connectivity index (χ2n) is 2.54. The van der Waals surface area contributed by atoms with Crippen LogP contribution >= 0.6 is 0 Å². The fraction of sp³-hybridized carbons (Fsp3) is 0.200. The van der Waals surface area contributed by atoms with Crippen molar-refractivity contribution in [3.8, 4) is 0 Å². The Labute approximate surface area is 81.9 Å². The summed E-state index contributed by atoms with van der Waals surface area (Å²) in [7, 11) is 0. The first-order valence-corrected chi connectivity index (χ1v) is 4.22. The summed E-state index contributed by atoms with van der Waals surface area (Å²) in [5.74, 6) is -1.14. The number of carbonyl (C=O) groups is 1. The minimum Gasteiger partial charge on any atom is -0.502 e. The second-order valence-corrected chi connectivity index (χ2v) is 2.54. The Hall–Kier alpha value is -1.84. The number of aromatic nitrogens is 1. The number of rotatable bonds is 3.